The standard InChI is InChI=1S/C21H19F4N3O2/c1-20(2,11-29)19(14-8-26-12-27-9-14)18-6-3-13(10-28-18)16-5-4-15(7-17(16)22)30-21(23,24)25/h3-10,12,19,29H,11H2,1-2H3. The van der Waals surface area contributed by atoms with Crippen LogP contribution in [-0.2, 0) is 0 Å². The molecule has 1 aromatic carbocycles. The van der Waals surface area contributed by atoms with E-state index in [1.807, 2.05) is 13.8 Å². The molecule has 9 heteroatoms. The first-order chi connectivity index (χ1) is 14.1. The Kier molecular flexibility index (Phi) is 6.02. The molecular weight excluding hydrogens is 402 g/mol. The van der Waals surface area contributed by atoms with Crippen molar-refractivity contribution in [2.45, 2.75) is 26.1 Å². The number of hydrogen-bond donors (Lipinski definition) is 1. The molecule has 0 fully saturated rings. The molecule has 0 spiro atoms. The highest BCUT2D eigenvalue weighted by atomic mass is 19.4. The van der Waals surface area contributed by atoms with Gasteiger partial charge < -0.3 is 9.84 Å². The second kappa shape index (κ2) is 8.35. The molecule has 0 saturated carbocycles. The quantitative estimate of drug-likeness (QED) is 0.583. The molecule has 2 heterocycles. The van der Waals surface area contributed by atoms with Gasteiger partial charge in [-0.3, -0.25) is 4.98 Å². The van der Waals surface area contributed by atoms with Crippen LogP contribution in [0.1, 0.15) is 31.0 Å². The van der Waals surface area contributed by atoms with Gasteiger partial charge in [0.25, 0.3) is 0 Å². The van der Waals surface area contributed by atoms with E-state index < -0.39 is 23.3 Å². The molecule has 3 rings (SSSR count). The number of benzene rings is 1. The summed E-state index contributed by atoms with van der Waals surface area (Å²) in [5, 5.41) is 9.85. The number of aliphatic hydroxyl groups excluding tert-OH is 1. The van der Waals surface area contributed by atoms with Crippen LogP contribution in [0, 0.1) is 11.2 Å². The smallest absolute Gasteiger partial charge is 0.406 e. The zero-order chi connectivity index (χ0) is 21.9. The predicted molar refractivity (Wildman–Crippen MR) is 101 cm³/mol. The average molecular weight is 421 g/mol. The van der Waals surface area contributed by atoms with Crippen LogP contribution in [0.2, 0.25) is 0 Å². The van der Waals surface area contributed by atoms with E-state index in [0.717, 1.165) is 11.6 Å². The lowest BCUT2D eigenvalue weighted by Crippen LogP contribution is -2.28. The fraction of sp³-hybridized carbons (Fsp3) is 0.286. The molecule has 0 aliphatic rings. The van der Waals surface area contributed by atoms with Crippen molar-refractivity contribution in [2.75, 3.05) is 6.61 Å². The second-order valence-corrected chi connectivity index (χ2v) is 7.41. The van der Waals surface area contributed by atoms with Gasteiger partial charge in [0, 0.05) is 59.4 Å². The van der Waals surface area contributed by atoms with Gasteiger partial charge >= 0.3 is 6.36 Å². The summed E-state index contributed by atoms with van der Waals surface area (Å²) in [7, 11) is 0. The molecule has 0 radical (unpaired) electrons. The van der Waals surface area contributed by atoms with E-state index >= 15 is 0 Å². The minimum Gasteiger partial charge on any atom is -0.406 e. The summed E-state index contributed by atoms with van der Waals surface area (Å²) in [5.74, 6) is -1.83. The van der Waals surface area contributed by atoms with Crippen molar-refractivity contribution in [3.05, 3.63) is 72.3 Å². The van der Waals surface area contributed by atoms with Crippen LogP contribution in [0.15, 0.2) is 55.2 Å². The number of pyridine rings is 1. The highest BCUT2D eigenvalue weighted by Crippen LogP contribution is 2.39. The zero-order valence-corrected chi connectivity index (χ0v) is 16.2. The molecule has 1 N–H and O–H groups in total. The summed E-state index contributed by atoms with van der Waals surface area (Å²) >= 11 is 0. The maximum absolute atomic E-state index is 14.4. The average Bonchev–Trinajstić information content (AvgIpc) is 2.68. The fourth-order valence-corrected chi connectivity index (χ4v) is 3.24. The van der Waals surface area contributed by atoms with Gasteiger partial charge in [0.15, 0.2) is 0 Å². The van der Waals surface area contributed by atoms with Gasteiger partial charge in [-0.05, 0) is 23.8 Å². The largest absolute Gasteiger partial charge is 0.573 e. The van der Waals surface area contributed by atoms with Crippen LogP contribution in [-0.4, -0.2) is 33.0 Å². The summed E-state index contributed by atoms with van der Waals surface area (Å²) in [6.45, 7) is 3.63. The van der Waals surface area contributed by atoms with E-state index in [9.17, 15) is 22.7 Å². The SMILES string of the molecule is CC(C)(CO)C(c1cncnc1)c1ccc(-c2ccc(OC(F)(F)F)cc2F)cn1. The number of halogens is 4. The van der Waals surface area contributed by atoms with E-state index in [4.69, 9.17) is 0 Å². The number of nitrogens with zero attached hydrogens (tertiary/aromatic N) is 3. The van der Waals surface area contributed by atoms with E-state index in [1.165, 1.54) is 18.6 Å². The molecule has 1 atom stereocenters. The fourth-order valence-electron chi connectivity index (χ4n) is 3.24. The van der Waals surface area contributed by atoms with Crippen molar-refractivity contribution in [1.29, 1.82) is 0 Å². The van der Waals surface area contributed by atoms with Crippen molar-refractivity contribution < 1.29 is 27.4 Å². The van der Waals surface area contributed by atoms with Gasteiger partial charge in [0.2, 0.25) is 0 Å². The Morgan fingerprint density at radius 3 is 2.27 bits per heavy atom. The molecule has 0 aliphatic carbocycles. The number of aliphatic hydroxyl groups is 1. The number of ether oxygens (including phenoxy) is 1. The molecule has 2 aromatic heterocycles. The summed E-state index contributed by atoms with van der Waals surface area (Å²) in [6.07, 6.45) is 1.22. The topological polar surface area (TPSA) is 68.1 Å². The highest BCUT2D eigenvalue weighted by molar-refractivity contribution is 5.64. The Balaban J connectivity index is 1.93. The van der Waals surface area contributed by atoms with Crippen LogP contribution in [0.25, 0.3) is 11.1 Å². The van der Waals surface area contributed by atoms with Gasteiger partial charge in [0.1, 0.15) is 17.9 Å². The summed E-state index contributed by atoms with van der Waals surface area (Å²) < 4.78 is 55.0. The van der Waals surface area contributed by atoms with E-state index in [0.29, 0.717) is 17.3 Å². The molecule has 0 saturated heterocycles. The van der Waals surface area contributed by atoms with Crippen molar-refractivity contribution >= 4 is 0 Å². The van der Waals surface area contributed by atoms with Crippen molar-refractivity contribution in [3.63, 3.8) is 0 Å². The zero-order valence-electron chi connectivity index (χ0n) is 16.2. The van der Waals surface area contributed by atoms with Crippen LogP contribution >= 0.6 is 0 Å². The van der Waals surface area contributed by atoms with Crippen LogP contribution in [0.5, 0.6) is 5.75 Å². The molecule has 5 nitrogen and oxygen atoms in total. The molecule has 1 unspecified atom stereocenters. The monoisotopic (exact) mass is 421 g/mol. The van der Waals surface area contributed by atoms with Crippen LogP contribution in [0.4, 0.5) is 17.6 Å². The molecule has 30 heavy (non-hydrogen) atoms. The maximum Gasteiger partial charge on any atom is 0.573 e. The minimum absolute atomic E-state index is 0.0876. The normalized spacial score (nSPS) is 13.2. The van der Waals surface area contributed by atoms with Gasteiger partial charge in [0.05, 0.1) is 0 Å². The van der Waals surface area contributed by atoms with E-state index in [-0.39, 0.29) is 18.1 Å². The summed E-state index contributed by atoms with van der Waals surface area (Å²) in [5.41, 5.74) is 1.27. The van der Waals surface area contributed by atoms with Gasteiger partial charge in [-0.15, -0.1) is 13.2 Å². The Morgan fingerprint density at radius 1 is 1.03 bits per heavy atom. The Morgan fingerprint density at radius 2 is 1.73 bits per heavy atom. The van der Waals surface area contributed by atoms with Crippen LogP contribution < -0.4 is 4.74 Å². The predicted octanol–water partition coefficient (Wildman–Crippen LogP) is 4.73. The molecular formula is C21H19F4N3O2. The lowest BCUT2D eigenvalue weighted by molar-refractivity contribution is -0.274. The third-order valence-corrected chi connectivity index (χ3v) is 4.67. The van der Waals surface area contributed by atoms with Crippen molar-refractivity contribution in [2.24, 2.45) is 5.41 Å². The molecule has 158 valence electrons. The Hall–Kier alpha value is -3.07. The van der Waals surface area contributed by atoms with Crippen molar-refractivity contribution in [3.8, 4) is 16.9 Å². The third-order valence-electron chi connectivity index (χ3n) is 4.67. The van der Waals surface area contributed by atoms with Gasteiger partial charge in [-0.25, -0.2) is 14.4 Å². The Bertz CT molecular complexity index is 993. The van der Waals surface area contributed by atoms with Gasteiger partial charge in [-0.2, -0.15) is 0 Å². The number of alkyl halides is 3. The maximum atomic E-state index is 14.4. The van der Waals surface area contributed by atoms with E-state index in [2.05, 4.69) is 19.7 Å². The second-order valence-electron chi connectivity index (χ2n) is 7.41. The van der Waals surface area contributed by atoms with Crippen LogP contribution in [0.3, 0.4) is 0 Å². The third kappa shape index (κ3) is 4.91. The number of aromatic nitrogens is 3. The molecule has 0 bridgehead atoms. The first-order valence-electron chi connectivity index (χ1n) is 8.98. The lowest BCUT2D eigenvalue weighted by atomic mass is 9.74. The van der Waals surface area contributed by atoms with E-state index in [1.54, 1.807) is 24.5 Å². The first kappa shape index (κ1) is 21.6. The highest BCUT2D eigenvalue weighted by Gasteiger charge is 2.33. The van der Waals surface area contributed by atoms with Crippen molar-refractivity contribution in [1.82, 2.24) is 15.0 Å². The summed E-state index contributed by atoms with van der Waals surface area (Å²) in [4.78, 5) is 12.5. The number of rotatable bonds is 6. The molecule has 0 amide bonds. The summed E-state index contributed by atoms with van der Waals surface area (Å²) in [6, 6.07) is 6.22. The lowest BCUT2D eigenvalue weighted by Gasteiger charge is -2.32. The molecule has 3 aromatic rings. The first-order valence-corrected chi connectivity index (χ1v) is 8.98. The minimum atomic E-state index is -4.90. The number of hydrogen-bond acceptors (Lipinski definition) is 5. The Labute approximate surface area is 170 Å². The molecule has 0 aliphatic heterocycles. The van der Waals surface area contributed by atoms with Gasteiger partial charge in [-0.1, -0.05) is 19.9 Å².